The topological polar surface area (TPSA) is 68.9 Å². The fourth-order valence-electron chi connectivity index (χ4n) is 1.73. The first-order chi connectivity index (χ1) is 8.15. The van der Waals surface area contributed by atoms with Gasteiger partial charge in [-0.25, -0.2) is 9.97 Å². The maximum atomic E-state index is 10.7. The van der Waals surface area contributed by atoms with Gasteiger partial charge in [0.15, 0.2) is 0 Å². The van der Waals surface area contributed by atoms with Crippen LogP contribution in [0.25, 0.3) is 10.9 Å². The van der Waals surface area contributed by atoms with Crippen LogP contribution >= 0.6 is 11.6 Å². The van der Waals surface area contributed by atoms with Crippen LogP contribution in [0.3, 0.4) is 0 Å². The second kappa shape index (κ2) is 3.63. The van der Waals surface area contributed by atoms with E-state index in [-0.39, 0.29) is 5.69 Å². The second-order valence-electron chi connectivity index (χ2n) is 4.11. The molecule has 0 unspecified atom stereocenters. The summed E-state index contributed by atoms with van der Waals surface area (Å²) >= 11 is 6.04. The zero-order chi connectivity index (χ0) is 12.0. The van der Waals surface area contributed by atoms with Gasteiger partial charge in [0.25, 0.3) is 5.69 Å². The third-order valence-corrected chi connectivity index (χ3v) is 3.09. The summed E-state index contributed by atoms with van der Waals surface area (Å²) in [4.78, 5) is 18.8. The first-order valence-corrected chi connectivity index (χ1v) is 5.64. The molecule has 1 heterocycles. The van der Waals surface area contributed by atoms with E-state index in [0.717, 1.165) is 12.8 Å². The molecule has 0 amide bonds. The third-order valence-electron chi connectivity index (χ3n) is 2.80. The lowest BCUT2D eigenvalue weighted by atomic mass is 10.2. The monoisotopic (exact) mass is 249 g/mol. The number of non-ortho nitro benzene ring substituents is 1. The van der Waals surface area contributed by atoms with Gasteiger partial charge in [-0.1, -0.05) is 11.6 Å². The largest absolute Gasteiger partial charge is 0.271 e. The molecule has 2 aromatic rings. The van der Waals surface area contributed by atoms with Crippen LogP contribution in [0.1, 0.15) is 24.6 Å². The number of rotatable bonds is 2. The Hall–Kier alpha value is -1.75. The van der Waals surface area contributed by atoms with Gasteiger partial charge in [0.2, 0.25) is 0 Å². The molecule has 1 saturated carbocycles. The molecule has 86 valence electrons. The standard InChI is InChI=1S/C11H8ClN3O2/c12-10-8-4-3-7(15(16)17)5-9(8)13-11(14-10)6-1-2-6/h3-6H,1-2H2. The molecular weight excluding hydrogens is 242 g/mol. The predicted octanol–water partition coefficient (Wildman–Crippen LogP) is 3.07. The van der Waals surface area contributed by atoms with Crippen molar-refractivity contribution in [3.63, 3.8) is 0 Å². The highest BCUT2D eigenvalue weighted by Gasteiger charge is 2.27. The Kier molecular flexibility index (Phi) is 2.22. The minimum Gasteiger partial charge on any atom is -0.258 e. The molecule has 3 rings (SSSR count). The van der Waals surface area contributed by atoms with Crippen molar-refractivity contribution in [1.29, 1.82) is 0 Å². The van der Waals surface area contributed by atoms with Gasteiger partial charge in [-0.3, -0.25) is 10.1 Å². The molecule has 0 atom stereocenters. The number of benzene rings is 1. The molecule has 0 radical (unpaired) electrons. The van der Waals surface area contributed by atoms with Gasteiger partial charge in [0, 0.05) is 23.4 Å². The van der Waals surface area contributed by atoms with Gasteiger partial charge in [-0.05, 0) is 18.9 Å². The molecule has 1 aromatic carbocycles. The molecular formula is C11H8ClN3O2. The molecule has 0 aliphatic heterocycles. The first-order valence-electron chi connectivity index (χ1n) is 5.27. The Morgan fingerprint density at radius 2 is 2.12 bits per heavy atom. The van der Waals surface area contributed by atoms with Crippen LogP contribution in [0.5, 0.6) is 0 Å². The van der Waals surface area contributed by atoms with Gasteiger partial charge < -0.3 is 0 Å². The van der Waals surface area contributed by atoms with E-state index in [9.17, 15) is 10.1 Å². The number of hydrogen-bond acceptors (Lipinski definition) is 4. The van der Waals surface area contributed by atoms with Crippen LogP contribution in [0.15, 0.2) is 18.2 Å². The number of aromatic nitrogens is 2. The molecule has 6 heteroatoms. The van der Waals surface area contributed by atoms with Gasteiger partial charge in [-0.15, -0.1) is 0 Å². The van der Waals surface area contributed by atoms with Crippen LogP contribution in [0.4, 0.5) is 5.69 Å². The van der Waals surface area contributed by atoms with Gasteiger partial charge >= 0.3 is 0 Å². The van der Waals surface area contributed by atoms with E-state index in [2.05, 4.69) is 9.97 Å². The summed E-state index contributed by atoms with van der Waals surface area (Å²) < 4.78 is 0. The fourth-order valence-corrected chi connectivity index (χ4v) is 1.98. The third kappa shape index (κ3) is 1.82. The van der Waals surface area contributed by atoms with E-state index in [1.54, 1.807) is 6.07 Å². The SMILES string of the molecule is O=[N+]([O-])c1ccc2c(Cl)nc(C3CC3)nc2c1. The summed E-state index contributed by atoms with van der Waals surface area (Å²) in [5.41, 5.74) is 0.565. The minimum absolute atomic E-state index is 0.0222. The van der Waals surface area contributed by atoms with Crippen molar-refractivity contribution >= 4 is 28.2 Å². The summed E-state index contributed by atoms with van der Waals surface area (Å²) in [6.45, 7) is 0. The molecule has 0 saturated heterocycles. The number of hydrogen-bond donors (Lipinski definition) is 0. The first kappa shape index (κ1) is 10.4. The van der Waals surface area contributed by atoms with E-state index in [0.29, 0.717) is 27.8 Å². The molecule has 1 aliphatic carbocycles. The van der Waals surface area contributed by atoms with Gasteiger partial charge in [0.05, 0.1) is 10.4 Å². The molecule has 0 bridgehead atoms. The van der Waals surface area contributed by atoms with Crippen molar-refractivity contribution in [2.24, 2.45) is 0 Å². The van der Waals surface area contributed by atoms with Crippen molar-refractivity contribution < 1.29 is 4.92 Å². The Balaban J connectivity index is 2.22. The highest BCUT2D eigenvalue weighted by molar-refractivity contribution is 6.34. The molecule has 0 spiro atoms. The molecule has 5 nitrogen and oxygen atoms in total. The normalized spacial score (nSPS) is 15.1. The second-order valence-corrected chi connectivity index (χ2v) is 4.46. The number of nitro groups is 1. The lowest BCUT2D eigenvalue weighted by Crippen LogP contribution is -1.95. The Morgan fingerprint density at radius 3 is 2.76 bits per heavy atom. The quantitative estimate of drug-likeness (QED) is 0.466. The Labute approximate surface area is 102 Å². The minimum atomic E-state index is -0.438. The van der Waals surface area contributed by atoms with Gasteiger partial charge in [-0.2, -0.15) is 0 Å². The zero-order valence-electron chi connectivity index (χ0n) is 8.76. The van der Waals surface area contributed by atoms with Crippen LogP contribution in [-0.4, -0.2) is 14.9 Å². The molecule has 0 N–H and O–H groups in total. The maximum Gasteiger partial charge on any atom is 0.271 e. The number of fused-ring (bicyclic) bond motifs is 1. The fraction of sp³-hybridized carbons (Fsp3) is 0.273. The maximum absolute atomic E-state index is 10.7. The average molecular weight is 250 g/mol. The van der Waals surface area contributed by atoms with Crippen LogP contribution in [-0.2, 0) is 0 Å². The average Bonchev–Trinajstić information content (AvgIpc) is 3.11. The number of nitrogens with zero attached hydrogens (tertiary/aromatic N) is 3. The van der Waals surface area contributed by atoms with Crippen molar-refractivity contribution in [3.05, 3.63) is 39.3 Å². The lowest BCUT2D eigenvalue weighted by molar-refractivity contribution is -0.384. The van der Waals surface area contributed by atoms with Gasteiger partial charge in [0.1, 0.15) is 11.0 Å². The van der Waals surface area contributed by atoms with E-state index < -0.39 is 4.92 Å². The molecule has 1 aromatic heterocycles. The molecule has 1 aliphatic rings. The van der Waals surface area contributed by atoms with Crippen molar-refractivity contribution in [1.82, 2.24) is 9.97 Å². The summed E-state index contributed by atoms with van der Waals surface area (Å²) in [6.07, 6.45) is 2.13. The van der Waals surface area contributed by atoms with Crippen molar-refractivity contribution in [3.8, 4) is 0 Å². The van der Waals surface area contributed by atoms with Crippen molar-refractivity contribution in [2.75, 3.05) is 0 Å². The highest BCUT2D eigenvalue weighted by atomic mass is 35.5. The zero-order valence-corrected chi connectivity index (χ0v) is 9.52. The number of halogens is 1. The van der Waals surface area contributed by atoms with Crippen LogP contribution in [0, 0.1) is 10.1 Å². The smallest absolute Gasteiger partial charge is 0.258 e. The summed E-state index contributed by atoms with van der Waals surface area (Å²) in [5, 5.41) is 11.7. The summed E-state index contributed by atoms with van der Waals surface area (Å²) in [7, 11) is 0. The Bertz CT molecular complexity index is 625. The lowest BCUT2D eigenvalue weighted by Gasteiger charge is -2.02. The van der Waals surface area contributed by atoms with E-state index >= 15 is 0 Å². The molecule has 17 heavy (non-hydrogen) atoms. The van der Waals surface area contributed by atoms with E-state index in [1.165, 1.54) is 12.1 Å². The molecule has 1 fully saturated rings. The summed E-state index contributed by atoms with van der Waals surface area (Å²) in [5.74, 6) is 1.07. The van der Waals surface area contributed by atoms with Crippen molar-refractivity contribution in [2.45, 2.75) is 18.8 Å². The summed E-state index contributed by atoms with van der Waals surface area (Å²) in [6, 6.07) is 4.44. The van der Waals surface area contributed by atoms with Crippen LogP contribution < -0.4 is 0 Å². The number of nitro benzene ring substituents is 1. The van der Waals surface area contributed by atoms with Crippen LogP contribution in [0.2, 0.25) is 5.15 Å². The van der Waals surface area contributed by atoms with E-state index in [4.69, 9.17) is 11.6 Å². The Morgan fingerprint density at radius 1 is 1.35 bits per heavy atom. The van der Waals surface area contributed by atoms with E-state index in [1.807, 2.05) is 0 Å². The predicted molar refractivity (Wildman–Crippen MR) is 63.2 cm³/mol. The highest BCUT2D eigenvalue weighted by Crippen LogP contribution is 2.39.